The van der Waals surface area contributed by atoms with Crippen LogP contribution in [-0.4, -0.2) is 28.6 Å². The molecule has 2 aromatic heterocycles. The highest BCUT2D eigenvalue weighted by molar-refractivity contribution is 5.88. The lowest BCUT2D eigenvalue weighted by Crippen LogP contribution is -2.41. The molecule has 1 N–H and O–H groups in total. The summed E-state index contributed by atoms with van der Waals surface area (Å²) in [6.45, 7) is 2.78. The minimum Gasteiger partial charge on any atom is -0.497 e. The maximum absolute atomic E-state index is 12.5. The van der Waals surface area contributed by atoms with Crippen molar-refractivity contribution in [2.24, 2.45) is 0 Å². The zero-order valence-corrected chi connectivity index (χ0v) is 14.4. The van der Waals surface area contributed by atoms with Crippen molar-refractivity contribution < 1.29 is 13.9 Å². The molecule has 1 aromatic carbocycles. The Hall–Kier alpha value is -2.76. The number of nitrogens with one attached hydrogen (secondary N) is 1. The molecule has 130 valence electrons. The summed E-state index contributed by atoms with van der Waals surface area (Å²) in [5.74, 6) is 1.87. The second kappa shape index (κ2) is 6.27. The first-order valence-corrected chi connectivity index (χ1v) is 8.48. The molecule has 1 aliphatic heterocycles. The number of benzene rings is 1. The van der Waals surface area contributed by atoms with Crippen molar-refractivity contribution in [1.29, 1.82) is 0 Å². The number of amides is 1. The molecule has 1 atom stereocenters. The molecule has 3 heterocycles. The molecular weight excluding hydrogens is 318 g/mol. The second-order valence-electron chi connectivity index (χ2n) is 6.55. The van der Waals surface area contributed by atoms with Gasteiger partial charge in [0.05, 0.1) is 25.5 Å². The maximum atomic E-state index is 12.5. The molecule has 0 saturated heterocycles. The van der Waals surface area contributed by atoms with E-state index in [-0.39, 0.29) is 11.9 Å². The van der Waals surface area contributed by atoms with E-state index in [4.69, 9.17) is 9.15 Å². The fourth-order valence-corrected chi connectivity index (χ4v) is 3.48. The van der Waals surface area contributed by atoms with Gasteiger partial charge in [0.1, 0.15) is 17.2 Å². The summed E-state index contributed by atoms with van der Waals surface area (Å²) in [5, 5.41) is 4.09. The summed E-state index contributed by atoms with van der Waals surface area (Å²) in [4.78, 5) is 17.0. The molecule has 0 aliphatic carbocycles. The predicted octanol–water partition coefficient (Wildman–Crippen LogP) is 2.62. The highest BCUT2D eigenvalue weighted by Gasteiger charge is 2.21. The SMILES string of the molecule is COc1ccc2c(CC(=O)N[C@H]3CCc4nc(C)cn4C3)coc2c1. The quantitative estimate of drug-likeness (QED) is 0.793. The number of ether oxygens (including phenoxy) is 1. The van der Waals surface area contributed by atoms with Crippen LogP contribution in [-0.2, 0) is 24.2 Å². The zero-order valence-electron chi connectivity index (χ0n) is 14.4. The first-order chi connectivity index (χ1) is 12.1. The number of hydrogen-bond acceptors (Lipinski definition) is 4. The van der Waals surface area contributed by atoms with Gasteiger partial charge in [-0.05, 0) is 25.5 Å². The fraction of sp³-hybridized carbons (Fsp3) is 0.368. The minimum atomic E-state index is 0.0174. The van der Waals surface area contributed by atoms with Crippen LogP contribution in [0.1, 0.15) is 23.5 Å². The number of carbonyl (C=O) groups excluding carboxylic acids is 1. The van der Waals surface area contributed by atoms with Gasteiger partial charge in [0.25, 0.3) is 0 Å². The van der Waals surface area contributed by atoms with Crippen molar-refractivity contribution in [1.82, 2.24) is 14.9 Å². The van der Waals surface area contributed by atoms with E-state index >= 15 is 0 Å². The highest BCUT2D eigenvalue weighted by atomic mass is 16.5. The summed E-state index contributed by atoms with van der Waals surface area (Å²) >= 11 is 0. The Morgan fingerprint density at radius 2 is 2.36 bits per heavy atom. The van der Waals surface area contributed by atoms with Gasteiger partial charge in [-0.3, -0.25) is 4.79 Å². The third-order valence-corrected chi connectivity index (χ3v) is 4.69. The molecular formula is C19H21N3O3. The van der Waals surface area contributed by atoms with Crippen LogP contribution in [0.5, 0.6) is 5.75 Å². The van der Waals surface area contributed by atoms with E-state index in [2.05, 4.69) is 14.9 Å². The van der Waals surface area contributed by atoms with E-state index in [1.807, 2.05) is 31.3 Å². The van der Waals surface area contributed by atoms with Gasteiger partial charge in [-0.15, -0.1) is 0 Å². The highest BCUT2D eigenvalue weighted by Crippen LogP contribution is 2.26. The minimum absolute atomic E-state index is 0.0174. The standard InChI is InChI=1S/C19H21N3O3/c1-12-9-22-10-14(3-6-18(22)20-12)21-19(23)7-13-11-25-17-8-15(24-2)4-5-16(13)17/h4-5,8-9,11,14H,3,6-7,10H2,1-2H3,(H,21,23)/t14-/m0/s1. The molecule has 6 heteroatoms. The Labute approximate surface area is 145 Å². The largest absolute Gasteiger partial charge is 0.497 e. The lowest BCUT2D eigenvalue weighted by Gasteiger charge is -2.24. The van der Waals surface area contributed by atoms with Gasteiger partial charge >= 0.3 is 0 Å². The molecule has 25 heavy (non-hydrogen) atoms. The summed E-state index contributed by atoms with van der Waals surface area (Å²) in [6, 6.07) is 5.79. The van der Waals surface area contributed by atoms with Crippen LogP contribution in [0.15, 0.2) is 35.1 Å². The van der Waals surface area contributed by atoms with Gasteiger partial charge in [-0.1, -0.05) is 0 Å². The molecule has 0 fully saturated rings. The molecule has 3 aromatic rings. The van der Waals surface area contributed by atoms with Crippen molar-refractivity contribution in [3.05, 3.63) is 47.7 Å². The fourth-order valence-electron chi connectivity index (χ4n) is 3.48. The number of hydrogen-bond donors (Lipinski definition) is 1. The van der Waals surface area contributed by atoms with Gasteiger partial charge < -0.3 is 19.0 Å². The van der Waals surface area contributed by atoms with Gasteiger partial charge in [0.15, 0.2) is 0 Å². The Bertz CT molecular complexity index is 925. The number of rotatable bonds is 4. The monoisotopic (exact) mass is 339 g/mol. The number of methoxy groups -OCH3 is 1. The molecule has 0 saturated carbocycles. The number of carbonyl (C=O) groups is 1. The van der Waals surface area contributed by atoms with Gasteiger partial charge in [-0.2, -0.15) is 0 Å². The van der Waals surface area contributed by atoms with E-state index < -0.39 is 0 Å². The molecule has 6 nitrogen and oxygen atoms in total. The first kappa shape index (κ1) is 15.7. The van der Waals surface area contributed by atoms with E-state index in [9.17, 15) is 4.79 Å². The first-order valence-electron chi connectivity index (χ1n) is 8.48. The van der Waals surface area contributed by atoms with Crippen LogP contribution in [0, 0.1) is 6.92 Å². The van der Waals surface area contributed by atoms with Crippen molar-refractivity contribution in [2.75, 3.05) is 7.11 Å². The van der Waals surface area contributed by atoms with E-state index in [1.165, 1.54) is 0 Å². The van der Waals surface area contributed by atoms with Crippen LogP contribution in [0.25, 0.3) is 11.0 Å². The number of nitrogens with zero attached hydrogens (tertiary/aromatic N) is 2. The molecule has 4 rings (SSSR count). The molecule has 1 amide bonds. The Morgan fingerprint density at radius 1 is 1.48 bits per heavy atom. The van der Waals surface area contributed by atoms with Crippen LogP contribution >= 0.6 is 0 Å². The molecule has 1 aliphatic rings. The summed E-state index contributed by atoms with van der Waals surface area (Å²) in [7, 11) is 1.62. The van der Waals surface area contributed by atoms with Gasteiger partial charge in [0, 0.05) is 42.2 Å². The van der Waals surface area contributed by atoms with Crippen molar-refractivity contribution in [3.63, 3.8) is 0 Å². The summed E-state index contributed by atoms with van der Waals surface area (Å²) < 4.78 is 12.9. The van der Waals surface area contributed by atoms with E-state index in [0.29, 0.717) is 6.42 Å². The summed E-state index contributed by atoms with van der Waals surface area (Å²) in [5.41, 5.74) is 2.66. The third kappa shape index (κ3) is 3.12. The van der Waals surface area contributed by atoms with Crippen LogP contribution in [0.4, 0.5) is 0 Å². The van der Waals surface area contributed by atoms with E-state index in [0.717, 1.165) is 53.2 Å². The average molecular weight is 339 g/mol. The molecule has 0 spiro atoms. The molecule has 0 radical (unpaired) electrons. The van der Waals surface area contributed by atoms with Crippen LogP contribution in [0.2, 0.25) is 0 Å². The Kier molecular flexibility index (Phi) is 3.95. The number of imidazole rings is 1. The van der Waals surface area contributed by atoms with Crippen LogP contribution in [0.3, 0.4) is 0 Å². The second-order valence-corrected chi connectivity index (χ2v) is 6.55. The van der Waals surface area contributed by atoms with Crippen molar-refractivity contribution >= 4 is 16.9 Å². The lowest BCUT2D eigenvalue weighted by atomic mass is 10.1. The van der Waals surface area contributed by atoms with E-state index in [1.54, 1.807) is 13.4 Å². The molecule has 0 bridgehead atoms. The van der Waals surface area contributed by atoms with Gasteiger partial charge in [-0.25, -0.2) is 4.98 Å². The predicted molar refractivity (Wildman–Crippen MR) is 93.7 cm³/mol. The number of furan rings is 1. The number of aromatic nitrogens is 2. The maximum Gasteiger partial charge on any atom is 0.224 e. The topological polar surface area (TPSA) is 69.3 Å². The average Bonchev–Trinajstić information content (AvgIpc) is 3.16. The summed E-state index contributed by atoms with van der Waals surface area (Å²) in [6.07, 6.45) is 5.83. The Morgan fingerprint density at radius 3 is 3.20 bits per heavy atom. The smallest absolute Gasteiger partial charge is 0.224 e. The number of aryl methyl sites for hydroxylation is 2. The third-order valence-electron chi connectivity index (χ3n) is 4.69. The Balaban J connectivity index is 1.43. The molecule has 0 unspecified atom stereocenters. The normalized spacial score (nSPS) is 16.6. The zero-order chi connectivity index (χ0) is 17.4. The van der Waals surface area contributed by atoms with Gasteiger partial charge in [0.2, 0.25) is 5.91 Å². The number of fused-ring (bicyclic) bond motifs is 2. The van der Waals surface area contributed by atoms with Crippen molar-refractivity contribution in [3.8, 4) is 5.75 Å². The lowest BCUT2D eigenvalue weighted by molar-refractivity contribution is -0.121. The van der Waals surface area contributed by atoms with Crippen LogP contribution < -0.4 is 10.1 Å². The van der Waals surface area contributed by atoms with Crippen molar-refractivity contribution in [2.45, 2.75) is 38.8 Å².